The molecule has 1 N–H and O–H groups in total. The van der Waals surface area contributed by atoms with Gasteiger partial charge in [0.15, 0.2) is 0 Å². The van der Waals surface area contributed by atoms with Gasteiger partial charge in [-0.2, -0.15) is 0 Å². The van der Waals surface area contributed by atoms with Crippen LogP contribution in [0.1, 0.15) is 10.4 Å². The standard InChI is InChI=1S/C7H5ClO5S/c8-14(12,13)4-1-2-6(9)5(3-4)7(10)11/h1-3,9H,(H,10,11)/p-1. The van der Waals surface area contributed by atoms with Crippen molar-refractivity contribution in [2.24, 2.45) is 0 Å². The van der Waals surface area contributed by atoms with Crippen LogP contribution in [0.5, 0.6) is 5.75 Å². The number of hydrogen-bond donors (Lipinski definition) is 1. The molecule has 1 aromatic rings. The summed E-state index contributed by atoms with van der Waals surface area (Å²) >= 11 is 0. The highest BCUT2D eigenvalue weighted by molar-refractivity contribution is 8.13. The SMILES string of the molecule is O=C(O)c1cc(S(=O)(=O)Cl)ccc1[O-]. The van der Waals surface area contributed by atoms with Gasteiger partial charge >= 0.3 is 5.97 Å². The third-order valence-electron chi connectivity index (χ3n) is 1.46. The molecule has 5 nitrogen and oxygen atoms in total. The van der Waals surface area contributed by atoms with Crippen molar-refractivity contribution in [3.8, 4) is 5.75 Å². The maximum atomic E-state index is 10.9. The van der Waals surface area contributed by atoms with Crippen molar-refractivity contribution in [1.82, 2.24) is 0 Å². The van der Waals surface area contributed by atoms with Gasteiger partial charge in [-0.25, -0.2) is 13.2 Å². The van der Waals surface area contributed by atoms with Crippen LogP contribution in [0.25, 0.3) is 0 Å². The van der Waals surface area contributed by atoms with Gasteiger partial charge in [0.1, 0.15) is 0 Å². The highest BCUT2D eigenvalue weighted by Gasteiger charge is 2.13. The number of halogens is 1. The topological polar surface area (TPSA) is 94.5 Å². The van der Waals surface area contributed by atoms with E-state index in [1.165, 1.54) is 0 Å². The first-order chi connectivity index (χ1) is 6.32. The first-order valence-corrected chi connectivity index (χ1v) is 5.62. The van der Waals surface area contributed by atoms with Crippen LogP contribution in [0, 0.1) is 0 Å². The zero-order chi connectivity index (χ0) is 10.9. The lowest BCUT2D eigenvalue weighted by Gasteiger charge is -2.09. The van der Waals surface area contributed by atoms with Gasteiger partial charge in [-0.15, -0.1) is 0 Å². The van der Waals surface area contributed by atoms with Crippen LogP contribution < -0.4 is 5.11 Å². The summed E-state index contributed by atoms with van der Waals surface area (Å²) in [5.41, 5.74) is -0.619. The molecule has 0 aliphatic carbocycles. The normalized spacial score (nSPS) is 11.2. The van der Waals surface area contributed by atoms with Gasteiger partial charge in [0.05, 0.1) is 10.5 Å². The van der Waals surface area contributed by atoms with Gasteiger partial charge in [-0.1, -0.05) is 11.8 Å². The molecule has 0 bridgehead atoms. The molecule has 0 saturated carbocycles. The fourth-order valence-corrected chi connectivity index (χ4v) is 1.61. The molecule has 0 aliphatic heterocycles. The van der Waals surface area contributed by atoms with Crippen LogP contribution in [0.3, 0.4) is 0 Å². The highest BCUT2D eigenvalue weighted by Crippen LogP contribution is 2.21. The van der Waals surface area contributed by atoms with E-state index < -0.39 is 31.2 Å². The molecule has 0 unspecified atom stereocenters. The van der Waals surface area contributed by atoms with Crippen molar-refractivity contribution in [2.45, 2.75) is 4.90 Å². The second kappa shape index (κ2) is 3.47. The molecule has 0 aliphatic rings. The van der Waals surface area contributed by atoms with E-state index in [0.717, 1.165) is 18.2 Å². The van der Waals surface area contributed by atoms with Crippen LogP contribution in [0.2, 0.25) is 0 Å². The molecule has 14 heavy (non-hydrogen) atoms. The summed E-state index contributed by atoms with van der Waals surface area (Å²) < 4.78 is 21.6. The monoisotopic (exact) mass is 235 g/mol. The molecule has 1 rings (SSSR count). The minimum atomic E-state index is -4.01. The molecule has 0 spiro atoms. The third-order valence-corrected chi connectivity index (χ3v) is 2.81. The Bertz CT molecular complexity index is 479. The third kappa shape index (κ3) is 2.15. The second-order valence-electron chi connectivity index (χ2n) is 2.40. The van der Waals surface area contributed by atoms with Crippen LogP contribution in [0.15, 0.2) is 23.1 Å². The minimum absolute atomic E-state index is 0.406. The van der Waals surface area contributed by atoms with Gasteiger partial charge in [0.25, 0.3) is 9.05 Å². The zero-order valence-electron chi connectivity index (χ0n) is 6.60. The Morgan fingerprint density at radius 3 is 2.43 bits per heavy atom. The van der Waals surface area contributed by atoms with Crippen molar-refractivity contribution in [1.29, 1.82) is 0 Å². The predicted molar refractivity (Wildman–Crippen MR) is 45.9 cm³/mol. The Labute approximate surface area is 84.0 Å². The Morgan fingerprint density at radius 1 is 1.43 bits per heavy atom. The number of carbonyl (C=O) groups is 1. The lowest BCUT2D eigenvalue weighted by Crippen LogP contribution is -2.05. The maximum absolute atomic E-state index is 10.9. The van der Waals surface area contributed by atoms with Crippen molar-refractivity contribution in [3.63, 3.8) is 0 Å². The molecule has 0 aromatic heterocycles. The number of aromatic carboxylic acids is 1. The molecule has 0 radical (unpaired) electrons. The number of hydrogen-bond acceptors (Lipinski definition) is 4. The number of benzene rings is 1. The summed E-state index contributed by atoms with van der Waals surface area (Å²) in [6, 6.07) is 2.53. The van der Waals surface area contributed by atoms with E-state index in [2.05, 4.69) is 0 Å². The Kier molecular flexibility index (Phi) is 2.68. The fourth-order valence-electron chi connectivity index (χ4n) is 0.828. The minimum Gasteiger partial charge on any atom is -0.872 e. The fraction of sp³-hybridized carbons (Fsp3) is 0. The molecule has 0 fully saturated rings. The van der Waals surface area contributed by atoms with E-state index in [1.807, 2.05) is 0 Å². The molecular formula is C7H4ClO5S-. The van der Waals surface area contributed by atoms with Crippen molar-refractivity contribution in [3.05, 3.63) is 23.8 Å². The van der Waals surface area contributed by atoms with E-state index in [4.69, 9.17) is 15.8 Å². The quantitative estimate of drug-likeness (QED) is 0.748. The van der Waals surface area contributed by atoms with E-state index in [9.17, 15) is 18.3 Å². The van der Waals surface area contributed by atoms with Crippen molar-refractivity contribution >= 4 is 25.7 Å². The molecular weight excluding hydrogens is 232 g/mol. The van der Waals surface area contributed by atoms with Crippen LogP contribution in [-0.4, -0.2) is 19.5 Å². The van der Waals surface area contributed by atoms with Gasteiger partial charge < -0.3 is 10.2 Å². The number of carboxylic acid groups (broad SMARTS) is 1. The number of rotatable bonds is 2. The van der Waals surface area contributed by atoms with E-state index in [-0.39, 0.29) is 0 Å². The average Bonchev–Trinajstić information content (AvgIpc) is 2.02. The van der Waals surface area contributed by atoms with Crippen molar-refractivity contribution in [2.75, 3.05) is 0 Å². The first-order valence-electron chi connectivity index (χ1n) is 3.31. The van der Waals surface area contributed by atoms with Gasteiger partial charge in [-0.3, -0.25) is 0 Å². The summed E-state index contributed by atoms with van der Waals surface area (Å²) in [5, 5.41) is 19.4. The van der Waals surface area contributed by atoms with Gasteiger partial charge in [0.2, 0.25) is 0 Å². The molecule has 0 saturated heterocycles. The van der Waals surface area contributed by atoms with Gasteiger partial charge in [-0.05, 0) is 12.1 Å². The number of carboxylic acids is 1. The van der Waals surface area contributed by atoms with Crippen LogP contribution in [0.4, 0.5) is 0 Å². The Balaban J connectivity index is 3.42. The lowest BCUT2D eigenvalue weighted by atomic mass is 10.2. The van der Waals surface area contributed by atoms with Crippen LogP contribution in [-0.2, 0) is 9.05 Å². The van der Waals surface area contributed by atoms with Gasteiger partial charge in [0, 0.05) is 10.7 Å². The second-order valence-corrected chi connectivity index (χ2v) is 4.97. The van der Waals surface area contributed by atoms with E-state index in [1.54, 1.807) is 0 Å². The molecule has 0 heterocycles. The predicted octanol–water partition coefficient (Wildman–Crippen LogP) is 0.386. The first kappa shape index (κ1) is 10.8. The average molecular weight is 236 g/mol. The zero-order valence-corrected chi connectivity index (χ0v) is 8.17. The molecule has 1 aromatic carbocycles. The highest BCUT2D eigenvalue weighted by atomic mass is 35.7. The summed E-state index contributed by atoms with van der Waals surface area (Å²) in [4.78, 5) is 10.1. The van der Waals surface area contributed by atoms with Crippen LogP contribution >= 0.6 is 10.7 Å². The van der Waals surface area contributed by atoms with Crippen molar-refractivity contribution < 1.29 is 23.4 Å². The summed E-state index contributed by atoms with van der Waals surface area (Å²) in [7, 11) is 0.959. The largest absolute Gasteiger partial charge is 0.872 e. The molecule has 0 amide bonds. The Morgan fingerprint density at radius 2 is 2.00 bits per heavy atom. The summed E-state index contributed by atoms with van der Waals surface area (Å²) in [6.45, 7) is 0. The summed E-state index contributed by atoms with van der Waals surface area (Å²) in [6.07, 6.45) is 0. The lowest BCUT2D eigenvalue weighted by molar-refractivity contribution is -0.268. The molecule has 7 heteroatoms. The maximum Gasteiger partial charge on any atom is 0.335 e. The molecule has 76 valence electrons. The molecule has 0 atom stereocenters. The Hall–Kier alpha value is -1.27. The van der Waals surface area contributed by atoms with E-state index >= 15 is 0 Å². The summed E-state index contributed by atoms with van der Waals surface area (Å²) in [5.74, 6) is -2.25. The smallest absolute Gasteiger partial charge is 0.335 e. The van der Waals surface area contributed by atoms with E-state index in [0.29, 0.717) is 0 Å².